The standard InChI is InChI=1S/C17H20N4O3/c1-11-9-15(20-7-5-12(6-8-20)10-16(18)22)13-3-2-4-14(21(23)24)17(13)19-11/h2-4,9,12H,5-8,10H2,1H3,(H2,18,22). The Hall–Kier alpha value is -2.70. The molecule has 7 heteroatoms. The van der Waals surface area contributed by atoms with Crippen LogP contribution in [0.25, 0.3) is 10.9 Å². The Morgan fingerprint density at radius 2 is 2.12 bits per heavy atom. The fourth-order valence-electron chi connectivity index (χ4n) is 3.41. The Morgan fingerprint density at radius 3 is 2.75 bits per heavy atom. The van der Waals surface area contributed by atoms with E-state index in [2.05, 4.69) is 9.88 Å². The Bertz CT molecular complexity index is 798. The lowest BCUT2D eigenvalue weighted by Crippen LogP contribution is -2.35. The van der Waals surface area contributed by atoms with E-state index < -0.39 is 4.92 Å². The van der Waals surface area contributed by atoms with Crippen LogP contribution in [-0.4, -0.2) is 28.9 Å². The minimum atomic E-state index is -0.391. The van der Waals surface area contributed by atoms with Crippen molar-refractivity contribution in [2.75, 3.05) is 18.0 Å². The highest BCUT2D eigenvalue weighted by molar-refractivity contribution is 5.97. The second-order valence-corrected chi connectivity index (χ2v) is 6.31. The SMILES string of the molecule is Cc1cc(N2CCC(CC(N)=O)CC2)c2cccc([N+](=O)[O-])c2n1. The van der Waals surface area contributed by atoms with Gasteiger partial charge in [-0.2, -0.15) is 0 Å². The molecule has 126 valence electrons. The fraction of sp³-hybridized carbons (Fsp3) is 0.412. The van der Waals surface area contributed by atoms with Crippen LogP contribution in [0.3, 0.4) is 0 Å². The number of nitrogens with two attached hydrogens (primary N) is 1. The molecule has 1 saturated heterocycles. The predicted molar refractivity (Wildman–Crippen MR) is 91.9 cm³/mol. The molecule has 0 spiro atoms. The summed E-state index contributed by atoms with van der Waals surface area (Å²) in [5.41, 5.74) is 7.47. The maximum atomic E-state index is 11.3. The number of nitrogens with zero attached hydrogens (tertiary/aromatic N) is 3. The van der Waals surface area contributed by atoms with Crippen LogP contribution in [-0.2, 0) is 4.79 Å². The minimum absolute atomic E-state index is 0.0288. The number of nitro benzene ring substituents is 1. The van der Waals surface area contributed by atoms with E-state index in [0.29, 0.717) is 17.9 Å². The number of aromatic nitrogens is 1. The first-order chi connectivity index (χ1) is 11.5. The summed E-state index contributed by atoms with van der Waals surface area (Å²) in [5.74, 6) is 0.0663. The number of hydrogen-bond donors (Lipinski definition) is 1. The first-order valence-corrected chi connectivity index (χ1v) is 8.03. The van der Waals surface area contributed by atoms with Gasteiger partial charge in [-0.25, -0.2) is 4.98 Å². The van der Waals surface area contributed by atoms with Crippen LogP contribution in [0.2, 0.25) is 0 Å². The van der Waals surface area contributed by atoms with Gasteiger partial charge in [-0.1, -0.05) is 12.1 Å². The molecule has 2 aromatic rings. The van der Waals surface area contributed by atoms with Crippen molar-refractivity contribution >= 4 is 28.2 Å². The Kier molecular flexibility index (Phi) is 4.33. The van der Waals surface area contributed by atoms with E-state index in [-0.39, 0.29) is 11.6 Å². The number of hydrogen-bond acceptors (Lipinski definition) is 5. The number of nitro groups is 1. The summed E-state index contributed by atoms with van der Waals surface area (Å²) in [4.78, 5) is 28.6. The summed E-state index contributed by atoms with van der Waals surface area (Å²) in [6.07, 6.45) is 2.21. The molecule has 1 aromatic heterocycles. The number of para-hydroxylation sites is 1. The van der Waals surface area contributed by atoms with Gasteiger partial charge in [-0.3, -0.25) is 14.9 Å². The third-order valence-electron chi connectivity index (χ3n) is 4.57. The third-order valence-corrected chi connectivity index (χ3v) is 4.57. The number of primary amides is 1. The summed E-state index contributed by atoms with van der Waals surface area (Å²) in [7, 11) is 0. The maximum Gasteiger partial charge on any atom is 0.295 e. The summed E-state index contributed by atoms with van der Waals surface area (Å²) < 4.78 is 0. The predicted octanol–water partition coefficient (Wildman–Crippen LogP) is 2.54. The van der Waals surface area contributed by atoms with E-state index in [0.717, 1.165) is 42.7 Å². The summed E-state index contributed by atoms with van der Waals surface area (Å²) in [6, 6.07) is 7.03. The van der Waals surface area contributed by atoms with E-state index in [1.165, 1.54) is 6.07 Å². The molecule has 7 nitrogen and oxygen atoms in total. The second kappa shape index (κ2) is 6.43. The van der Waals surface area contributed by atoms with Gasteiger partial charge in [0.2, 0.25) is 5.91 Å². The number of carbonyl (C=O) groups excluding carboxylic acids is 1. The van der Waals surface area contributed by atoms with Gasteiger partial charge in [0.25, 0.3) is 5.69 Å². The number of amides is 1. The van der Waals surface area contributed by atoms with E-state index in [1.807, 2.05) is 19.1 Å². The molecule has 0 unspecified atom stereocenters. The molecule has 2 heterocycles. The van der Waals surface area contributed by atoms with Crippen LogP contribution < -0.4 is 10.6 Å². The van der Waals surface area contributed by atoms with Crippen molar-refractivity contribution in [3.63, 3.8) is 0 Å². The fourth-order valence-corrected chi connectivity index (χ4v) is 3.41. The van der Waals surface area contributed by atoms with Crippen molar-refractivity contribution in [1.29, 1.82) is 0 Å². The number of carbonyl (C=O) groups is 1. The zero-order chi connectivity index (χ0) is 17.3. The number of benzene rings is 1. The van der Waals surface area contributed by atoms with Crippen molar-refractivity contribution in [3.05, 3.63) is 40.1 Å². The zero-order valence-corrected chi connectivity index (χ0v) is 13.6. The van der Waals surface area contributed by atoms with Gasteiger partial charge in [-0.15, -0.1) is 0 Å². The van der Waals surface area contributed by atoms with Crippen LogP contribution >= 0.6 is 0 Å². The normalized spacial score (nSPS) is 15.6. The van der Waals surface area contributed by atoms with Gasteiger partial charge >= 0.3 is 0 Å². The molecule has 0 aliphatic carbocycles. The van der Waals surface area contributed by atoms with Crippen molar-refractivity contribution < 1.29 is 9.72 Å². The number of pyridine rings is 1. The molecule has 0 saturated carbocycles. The smallest absolute Gasteiger partial charge is 0.295 e. The number of fused-ring (bicyclic) bond motifs is 1. The first-order valence-electron chi connectivity index (χ1n) is 8.03. The minimum Gasteiger partial charge on any atom is -0.371 e. The number of aryl methyl sites for hydroxylation is 1. The van der Waals surface area contributed by atoms with Crippen molar-refractivity contribution in [2.45, 2.75) is 26.2 Å². The molecule has 2 N–H and O–H groups in total. The number of rotatable bonds is 4. The van der Waals surface area contributed by atoms with Crippen LogP contribution in [0.5, 0.6) is 0 Å². The Morgan fingerprint density at radius 1 is 1.42 bits per heavy atom. The molecule has 1 aromatic carbocycles. The lowest BCUT2D eigenvalue weighted by molar-refractivity contribution is -0.383. The van der Waals surface area contributed by atoms with Crippen LogP contribution in [0.1, 0.15) is 25.0 Å². The highest BCUT2D eigenvalue weighted by atomic mass is 16.6. The highest BCUT2D eigenvalue weighted by Gasteiger charge is 2.24. The van der Waals surface area contributed by atoms with Gasteiger partial charge in [0.05, 0.1) is 4.92 Å². The summed E-state index contributed by atoms with van der Waals surface area (Å²) >= 11 is 0. The lowest BCUT2D eigenvalue weighted by Gasteiger charge is -2.34. The van der Waals surface area contributed by atoms with Gasteiger partial charge in [0.15, 0.2) is 5.52 Å². The van der Waals surface area contributed by atoms with Crippen molar-refractivity contribution in [2.24, 2.45) is 11.7 Å². The quantitative estimate of drug-likeness (QED) is 0.686. The molecule has 0 atom stereocenters. The molecule has 1 amide bonds. The molecular formula is C17H20N4O3. The Balaban J connectivity index is 1.94. The summed E-state index contributed by atoms with van der Waals surface area (Å²) in [5, 5.41) is 12.1. The van der Waals surface area contributed by atoms with Gasteiger partial charge in [-0.05, 0) is 31.7 Å². The lowest BCUT2D eigenvalue weighted by atomic mass is 9.92. The first kappa shape index (κ1) is 16.2. The molecule has 0 bridgehead atoms. The van der Waals surface area contributed by atoms with E-state index in [1.54, 1.807) is 6.07 Å². The average molecular weight is 328 g/mol. The third kappa shape index (κ3) is 3.15. The second-order valence-electron chi connectivity index (χ2n) is 6.31. The maximum absolute atomic E-state index is 11.3. The van der Waals surface area contributed by atoms with Crippen molar-refractivity contribution in [1.82, 2.24) is 4.98 Å². The van der Waals surface area contributed by atoms with Gasteiger partial charge < -0.3 is 10.6 Å². The van der Waals surface area contributed by atoms with Crippen molar-refractivity contribution in [3.8, 4) is 0 Å². The zero-order valence-electron chi connectivity index (χ0n) is 13.6. The van der Waals surface area contributed by atoms with E-state index in [4.69, 9.17) is 5.73 Å². The number of anilines is 1. The highest BCUT2D eigenvalue weighted by Crippen LogP contribution is 2.34. The van der Waals surface area contributed by atoms with Crippen LogP contribution in [0.15, 0.2) is 24.3 Å². The van der Waals surface area contributed by atoms with Gasteiger partial charge in [0.1, 0.15) is 0 Å². The average Bonchev–Trinajstić information content (AvgIpc) is 2.53. The van der Waals surface area contributed by atoms with E-state index in [9.17, 15) is 14.9 Å². The molecule has 3 rings (SSSR count). The molecular weight excluding hydrogens is 308 g/mol. The molecule has 1 fully saturated rings. The van der Waals surface area contributed by atoms with Crippen LogP contribution in [0, 0.1) is 23.0 Å². The largest absolute Gasteiger partial charge is 0.371 e. The topological polar surface area (TPSA) is 102 Å². The summed E-state index contributed by atoms with van der Waals surface area (Å²) in [6.45, 7) is 3.46. The molecule has 24 heavy (non-hydrogen) atoms. The Labute approximate surface area is 139 Å². The molecule has 1 aliphatic heterocycles. The van der Waals surface area contributed by atoms with Crippen LogP contribution in [0.4, 0.5) is 11.4 Å². The number of non-ortho nitro benzene ring substituents is 1. The molecule has 0 radical (unpaired) electrons. The molecule has 1 aliphatic rings. The van der Waals surface area contributed by atoms with Gasteiger partial charge in [0, 0.05) is 42.3 Å². The van der Waals surface area contributed by atoms with E-state index >= 15 is 0 Å². The monoisotopic (exact) mass is 328 g/mol. The number of piperidine rings is 1.